The van der Waals surface area contributed by atoms with Crippen LogP contribution in [-0.4, -0.2) is 68.3 Å². The first-order valence-corrected chi connectivity index (χ1v) is 13.3. The zero-order chi connectivity index (χ0) is 23.9. The highest BCUT2D eigenvalue weighted by Gasteiger charge is 2.76. The Morgan fingerprint density at radius 1 is 1.27 bits per heavy atom. The molecule has 2 bridgehead atoms. The van der Waals surface area contributed by atoms with Gasteiger partial charge in [0.2, 0.25) is 17.7 Å². The highest BCUT2D eigenvalue weighted by atomic mass is 79.9. The fraction of sp³-hybridized carbons (Fsp3) is 0.625. The Labute approximate surface area is 207 Å². The Morgan fingerprint density at radius 2 is 1.97 bits per heavy atom. The van der Waals surface area contributed by atoms with Gasteiger partial charge in [-0.3, -0.25) is 14.4 Å². The molecule has 3 aliphatic rings. The lowest BCUT2D eigenvalue weighted by molar-refractivity contribution is -0.143. The molecule has 1 spiro atoms. The Kier molecular flexibility index (Phi) is 7.13. The molecule has 3 heterocycles. The Hall–Kier alpha value is -1.58. The van der Waals surface area contributed by atoms with Gasteiger partial charge in [0.1, 0.15) is 6.04 Å². The van der Waals surface area contributed by atoms with Gasteiger partial charge in [0.05, 0.1) is 29.2 Å². The third kappa shape index (κ3) is 4.10. The summed E-state index contributed by atoms with van der Waals surface area (Å²) >= 11 is 5.35. The molecule has 3 N–H and O–H groups in total. The normalized spacial score (nSPS) is 33.3. The number of likely N-dealkylation sites (tertiary alicyclic amines) is 1. The third-order valence-electron chi connectivity index (χ3n) is 7.18. The third-order valence-corrected chi connectivity index (χ3v) is 10.4. The van der Waals surface area contributed by atoms with Crippen LogP contribution >= 0.6 is 27.7 Å². The summed E-state index contributed by atoms with van der Waals surface area (Å²) in [5.74, 6) is -1.40. The molecule has 3 aliphatic heterocycles. The first-order chi connectivity index (χ1) is 15.7. The molecule has 180 valence electrons. The molecule has 1 aromatic carbocycles. The van der Waals surface area contributed by atoms with Crippen molar-refractivity contribution in [2.75, 3.05) is 13.7 Å². The molecule has 7 nitrogen and oxygen atoms in total. The van der Waals surface area contributed by atoms with Crippen molar-refractivity contribution in [1.29, 1.82) is 0 Å². The first kappa shape index (κ1) is 24.5. The summed E-state index contributed by atoms with van der Waals surface area (Å²) in [5.41, 5.74) is 0.974. The van der Waals surface area contributed by atoms with Gasteiger partial charge in [0.25, 0.3) is 0 Å². The van der Waals surface area contributed by atoms with Crippen LogP contribution in [0.5, 0.6) is 0 Å². The zero-order valence-electron chi connectivity index (χ0n) is 19.2. The summed E-state index contributed by atoms with van der Waals surface area (Å²) in [6.07, 6.45) is 1.22. The number of nitrogens with one attached hydrogen (secondary N) is 2. The summed E-state index contributed by atoms with van der Waals surface area (Å²) in [7, 11) is 1.59. The number of hydrogen-bond acceptors (Lipinski definition) is 5. The van der Waals surface area contributed by atoms with Crippen LogP contribution in [0.4, 0.5) is 0 Å². The lowest BCUT2D eigenvalue weighted by atomic mass is 9.70. The van der Waals surface area contributed by atoms with Gasteiger partial charge < -0.3 is 20.6 Å². The van der Waals surface area contributed by atoms with Crippen LogP contribution in [0, 0.1) is 17.8 Å². The molecule has 3 amide bonds. The van der Waals surface area contributed by atoms with E-state index in [1.165, 1.54) is 0 Å². The molecule has 0 aliphatic carbocycles. The topological polar surface area (TPSA) is 98.7 Å². The molecule has 4 rings (SSSR count). The number of benzene rings is 1. The summed E-state index contributed by atoms with van der Waals surface area (Å²) in [6, 6.07) is 8.45. The second-order valence-corrected chi connectivity index (χ2v) is 12.4. The molecule has 3 fully saturated rings. The van der Waals surface area contributed by atoms with E-state index in [4.69, 9.17) is 0 Å². The van der Waals surface area contributed by atoms with E-state index in [-0.39, 0.29) is 40.3 Å². The van der Waals surface area contributed by atoms with Gasteiger partial charge in [0.15, 0.2) is 0 Å². The van der Waals surface area contributed by atoms with E-state index in [9.17, 15) is 19.5 Å². The number of aliphatic hydroxyl groups is 1. The number of fused-ring (bicyclic) bond motifs is 1. The van der Waals surface area contributed by atoms with Crippen LogP contribution in [0.15, 0.2) is 30.3 Å². The number of halogens is 1. The van der Waals surface area contributed by atoms with Crippen molar-refractivity contribution in [1.82, 2.24) is 15.5 Å². The molecule has 0 saturated carbocycles. The second-order valence-electron chi connectivity index (χ2n) is 9.69. The smallest absolute Gasteiger partial charge is 0.244 e. The van der Waals surface area contributed by atoms with E-state index in [2.05, 4.69) is 26.6 Å². The average molecular weight is 539 g/mol. The maximum Gasteiger partial charge on any atom is 0.244 e. The molecule has 0 aromatic heterocycles. The van der Waals surface area contributed by atoms with E-state index in [0.29, 0.717) is 19.4 Å². The fourth-order valence-electron chi connectivity index (χ4n) is 5.93. The van der Waals surface area contributed by atoms with Crippen molar-refractivity contribution in [2.24, 2.45) is 17.8 Å². The van der Waals surface area contributed by atoms with E-state index in [1.54, 1.807) is 23.7 Å². The fourth-order valence-corrected chi connectivity index (χ4v) is 9.53. The van der Waals surface area contributed by atoms with Crippen LogP contribution in [0.2, 0.25) is 0 Å². The van der Waals surface area contributed by atoms with E-state index < -0.39 is 28.7 Å². The molecule has 1 aromatic rings. The van der Waals surface area contributed by atoms with Gasteiger partial charge in [-0.1, -0.05) is 60.1 Å². The quantitative estimate of drug-likeness (QED) is 0.440. The van der Waals surface area contributed by atoms with Gasteiger partial charge in [0, 0.05) is 23.7 Å². The maximum atomic E-state index is 13.9. The Morgan fingerprint density at radius 3 is 2.58 bits per heavy atom. The van der Waals surface area contributed by atoms with Crippen LogP contribution in [0.1, 0.15) is 32.3 Å². The van der Waals surface area contributed by atoms with Crippen molar-refractivity contribution in [3.63, 3.8) is 0 Å². The predicted octanol–water partition coefficient (Wildman–Crippen LogP) is 1.92. The highest BCUT2D eigenvalue weighted by molar-refractivity contribution is 9.09. The number of hydrogen-bond donors (Lipinski definition) is 3. The highest BCUT2D eigenvalue weighted by Crippen LogP contribution is 2.68. The average Bonchev–Trinajstić information content (AvgIpc) is 3.39. The maximum absolute atomic E-state index is 13.9. The van der Waals surface area contributed by atoms with Gasteiger partial charge in [-0.05, 0) is 24.3 Å². The molecule has 7 atom stereocenters. The second kappa shape index (κ2) is 9.58. The minimum absolute atomic E-state index is 0.0379. The number of nitrogens with zero attached hydrogens (tertiary/aromatic N) is 1. The van der Waals surface area contributed by atoms with Crippen molar-refractivity contribution in [3.05, 3.63) is 35.9 Å². The summed E-state index contributed by atoms with van der Waals surface area (Å²) in [4.78, 5) is 42.2. The van der Waals surface area contributed by atoms with Crippen molar-refractivity contribution < 1.29 is 19.5 Å². The monoisotopic (exact) mass is 537 g/mol. The first-order valence-electron chi connectivity index (χ1n) is 11.5. The summed E-state index contributed by atoms with van der Waals surface area (Å²) in [6.45, 7) is 4.22. The number of carbonyl (C=O) groups is 3. The predicted molar refractivity (Wildman–Crippen MR) is 132 cm³/mol. The van der Waals surface area contributed by atoms with Crippen LogP contribution in [0.3, 0.4) is 0 Å². The zero-order valence-corrected chi connectivity index (χ0v) is 21.6. The molecular formula is C24H32BrN3O4S. The number of rotatable bonds is 8. The van der Waals surface area contributed by atoms with E-state index in [1.807, 2.05) is 44.2 Å². The molecule has 33 heavy (non-hydrogen) atoms. The number of alkyl halides is 1. The number of amides is 3. The van der Waals surface area contributed by atoms with Gasteiger partial charge >= 0.3 is 0 Å². The van der Waals surface area contributed by atoms with E-state index >= 15 is 0 Å². The minimum atomic E-state index is -0.737. The standard InChI is InChI=1S/C24H32BrN3O4S/c1-13(2)9-15(12-29)28-20(22(31)27-11-14-7-5-4-6-8-14)24-10-16(25)19(33-24)17(21(30)26-3)18(24)23(28)32/h4-8,13,15-20,29H,9-12H2,1-3H3,(H,26,30)(H,27,31)/t15-,16?,17+,18+,19+,20?,24?/m1/s1. The van der Waals surface area contributed by atoms with Crippen molar-refractivity contribution in [2.45, 2.75) is 60.1 Å². The van der Waals surface area contributed by atoms with Crippen LogP contribution < -0.4 is 10.6 Å². The summed E-state index contributed by atoms with van der Waals surface area (Å²) in [5, 5.41) is 15.9. The van der Waals surface area contributed by atoms with Gasteiger partial charge in [-0.2, -0.15) is 0 Å². The molecule has 3 unspecified atom stereocenters. The largest absolute Gasteiger partial charge is 0.394 e. The number of thioether (sulfide) groups is 1. The van der Waals surface area contributed by atoms with E-state index in [0.717, 1.165) is 5.56 Å². The van der Waals surface area contributed by atoms with Gasteiger partial charge in [-0.25, -0.2) is 0 Å². The number of aliphatic hydroxyl groups excluding tert-OH is 1. The molecular weight excluding hydrogens is 506 g/mol. The lowest BCUT2D eigenvalue weighted by Crippen LogP contribution is -2.57. The summed E-state index contributed by atoms with van der Waals surface area (Å²) < 4.78 is -0.696. The Bertz CT molecular complexity index is 916. The van der Waals surface area contributed by atoms with Crippen molar-refractivity contribution in [3.8, 4) is 0 Å². The molecule has 3 saturated heterocycles. The van der Waals surface area contributed by atoms with Crippen LogP contribution in [-0.2, 0) is 20.9 Å². The minimum Gasteiger partial charge on any atom is -0.394 e. The SMILES string of the molecule is CNC(=O)[C@H]1[C@H]2C(=O)N([C@@H](CO)CC(C)C)C(C(=O)NCc3ccccc3)C23CC(Br)[C@@H]1S3. The van der Waals surface area contributed by atoms with Gasteiger partial charge in [-0.15, -0.1) is 11.8 Å². The lowest BCUT2D eigenvalue weighted by Gasteiger charge is -2.37. The van der Waals surface area contributed by atoms with Crippen LogP contribution in [0.25, 0.3) is 0 Å². The molecule has 9 heteroatoms. The number of carbonyl (C=O) groups excluding carboxylic acids is 3. The van der Waals surface area contributed by atoms with Crippen molar-refractivity contribution >= 4 is 45.4 Å². The molecule has 0 radical (unpaired) electrons. The Balaban J connectivity index is 1.72.